The Labute approximate surface area is 112 Å². The molecule has 2 rings (SSSR count). The SMILES string of the molecule is COC1CCN(CC2(CS)CCCCC2)CC1. The fourth-order valence-electron chi connectivity index (χ4n) is 3.45. The zero-order chi connectivity index (χ0) is 12.1. The Morgan fingerprint density at radius 3 is 2.35 bits per heavy atom. The van der Waals surface area contributed by atoms with Crippen LogP contribution in [-0.4, -0.2) is 43.5 Å². The molecule has 2 fully saturated rings. The van der Waals surface area contributed by atoms with Crippen LogP contribution in [-0.2, 0) is 4.74 Å². The first-order valence-electron chi connectivity index (χ1n) is 7.14. The summed E-state index contributed by atoms with van der Waals surface area (Å²) in [6.07, 6.45) is 9.95. The van der Waals surface area contributed by atoms with E-state index >= 15 is 0 Å². The molecule has 1 aliphatic heterocycles. The molecule has 1 aliphatic carbocycles. The fraction of sp³-hybridized carbons (Fsp3) is 1.00. The standard InChI is InChI=1S/C14H27NOS/c1-16-13-5-9-15(10-6-13)11-14(12-17)7-3-2-4-8-14/h13,17H,2-12H2,1H3. The van der Waals surface area contributed by atoms with Crippen molar-refractivity contribution in [2.45, 2.75) is 51.0 Å². The van der Waals surface area contributed by atoms with Gasteiger partial charge in [0.15, 0.2) is 0 Å². The van der Waals surface area contributed by atoms with Crippen molar-refractivity contribution in [3.05, 3.63) is 0 Å². The van der Waals surface area contributed by atoms with Crippen LogP contribution in [0, 0.1) is 5.41 Å². The van der Waals surface area contributed by atoms with Gasteiger partial charge in [-0.1, -0.05) is 19.3 Å². The number of nitrogens with zero attached hydrogens (tertiary/aromatic N) is 1. The molecule has 0 atom stereocenters. The molecule has 100 valence electrons. The zero-order valence-electron chi connectivity index (χ0n) is 11.2. The second-order valence-corrected chi connectivity index (χ2v) is 6.25. The van der Waals surface area contributed by atoms with Crippen LogP contribution in [0.4, 0.5) is 0 Å². The van der Waals surface area contributed by atoms with Crippen molar-refractivity contribution in [3.8, 4) is 0 Å². The maximum absolute atomic E-state index is 5.44. The zero-order valence-corrected chi connectivity index (χ0v) is 12.1. The highest BCUT2D eigenvalue weighted by Crippen LogP contribution is 2.38. The minimum absolute atomic E-state index is 0.504. The Morgan fingerprint density at radius 1 is 1.18 bits per heavy atom. The molecule has 0 amide bonds. The van der Waals surface area contributed by atoms with Crippen molar-refractivity contribution in [2.24, 2.45) is 5.41 Å². The number of hydrogen-bond acceptors (Lipinski definition) is 3. The molecule has 0 aromatic rings. The van der Waals surface area contributed by atoms with E-state index in [9.17, 15) is 0 Å². The Bertz CT molecular complexity index is 220. The Morgan fingerprint density at radius 2 is 1.82 bits per heavy atom. The van der Waals surface area contributed by atoms with Crippen molar-refractivity contribution in [1.82, 2.24) is 4.90 Å². The highest BCUT2D eigenvalue weighted by Gasteiger charge is 2.33. The smallest absolute Gasteiger partial charge is 0.0595 e. The lowest BCUT2D eigenvalue weighted by molar-refractivity contribution is 0.0234. The third kappa shape index (κ3) is 3.62. The summed E-state index contributed by atoms with van der Waals surface area (Å²) in [5, 5.41) is 0. The third-order valence-electron chi connectivity index (χ3n) is 4.68. The predicted molar refractivity (Wildman–Crippen MR) is 75.8 cm³/mol. The topological polar surface area (TPSA) is 12.5 Å². The second kappa shape index (κ2) is 6.44. The molecule has 3 heteroatoms. The van der Waals surface area contributed by atoms with Gasteiger partial charge in [-0.05, 0) is 36.9 Å². The van der Waals surface area contributed by atoms with Crippen LogP contribution in [0.3, 0.4) is 0 Å². The Balaban J connectivity index is 1.82. The minimum Gasteiger partial charge on any atom is -0.381 e. The summed E-state index contributed by atoms with van der Waals surface area (Å²) < 4.78 is 5.44. The predicted octanol–water partition coefficient (Wildman–Crippen LogP) is 2.98. The maximum atomic E-state index is 5.44. The largest absolute Gasteiger partial charge is 0.381 e. The molecule has 0 aromatic heterocycles. The van der Waals surface area contributed by atoms with Gasteiger partial charge in [0, 0.05) is 26.7 Å². The lowest BCUT2D eigenvalue weighted by atomic mass is 9.75. The molecule has 1 heterocycles. The maximum Gasteiger partial charge on any atom is 0.0595 e. The van der Waals surface area contributed by atoms with Gasteiger partial charge >= 0.3 is 0 Å². The molecule has 0 radical (unpaired) electrons. The fourth-order valence-corrected chi connectivity index (χ4v) is 3.86. The molecule has 0 bridgehead atoms. The molecule has 2 aliphatic rings. The molecule has 0 unspecified atom stereocenters. The van der Waals surface area contributed by atoms with Gasteiger partial charge in [-0.15, -0.1) is 0 Å². The summed E-state index contributed by atoms with van der Waals surface area (Å²) in [5.74, 6) is 1.07. The molecular formula is C14H27NOS. The lowest BCUT2D eigenvalue weighted by Gasteiger charge is -2.42. The van der Waals surface area contributed by atoms with Gasteiger partial charge in [0.05, 0.1) is 6.10 Å². The van der Waals surface area contributed by atoms with Crippen LogP contribution in [0.25, 0.3) is 0 Å². The van der Waals surface area contributed by atoms with Gasteiger partial charge in [0.25, 0.3) is 0 Å². The van der Waals surface area contributed by atoms with Gasteiger partial charge in [0.2, 0.25) is 0 Å². The molecule has 0 N–H and O–H groups in total. The normalized spacial score (nSPS) is 27.2. The van der Waals surface area contributed by atoms with E-state index < -0.39 is 0 Å². The van der Waals surface area contributed by atoms with Gasteiger partial charge < -0.3 is 9.64 Å². The van der Waals surface area contributed by atoms with Crippen LogP contribution in [0.15, 0.2) is 0 Å². The third-order valence-corrected chi connectivity index (χ3v) is 5.35. The van der Waals surface area contributed by atoms with Crippen molar-refractivity contribution in [2.75, 3.05) is 32.5 Å². The van der Waals surface area contributed by atoms with Crippen LogP contribution < -0.4 is 0 Å². The molecule has 0 aromatic carbocycles. The lowest BCUT2D eigenvalue weighted by Crippen LogP contribution is -2.45. The van der Waals surface area contributed by atoms with Crippen LogP contribution in [0.1, 0.15) is 44.9 Å². The number of piperidine rings is 1. The molecule has 1 saturated carbocycles. The van der Waals surface area contributed by atoms with E-state index in [1.165, 1.54) is 64.6 Å². The first kappa shape index (κ1) is 13.7. The summed E-state index contributed by atoms with van der Waals surface area (Å²) >= 11 is 4.63. The van der Waals surface area contributed by atoms with E-state index in [2.05, 4.69) is 17.5 Å². The van der Waals surface area contributed by atoms with Gasteiger partial charge in [-0.3, -0.25) is 0 Å². The first-order chi connectivity index (χ1) is 8.28. The van der Waals surface area contributed by atoms with E-state index in [1.807, 2.05) is 7.11 Å². The summed E-state index contributed by atoms with van der Waals surface area (Å²) in [5.41, 5.74) is 0.515. The van der Waals surface area contributed by atoms with Gasteiger partial charge in [-0.25, -0.2) is 0 Å². The summed E-state index contributed by atoms with van der Waals surface area (Å²) in [4.78, 5) is 2.65. The number of ether oxygens (including phenoxy) is 1. The highest BCUT2D eigenvalue weighted by atomic mass is 32.1. The van der Waals surface area contributed by atoms with Crippen LogP contribution in [0.5, 0.6) is 0 Å². The molecule has 1 saturated heterocycles. The molecular weight excluding hydrogens is 230 g/mol. The first-order valence-corrected chi connectivity index (χ1v) is 7.77. The van der Waals surface area contributed by atoms with Crippen molar-refractivity contribution < 1.29 is 4.74 Å². The Hall–Kier alpha value is 0.270. The van der Waals surface area contributed by atoms with Gasteiger partial charge in [-0.2, -0.15) is 12.6 Å². The van der Waals surface area contributed by atoms with Crippen molar-refractivity contribution in [3.63, 3.8) is 0 Å². The summed E-state index contributed by atoms with van der Waals surface area (Å²) in [6, 6.07) is 0. The number of likely N-dealkylation sites (tertiary alicyclic amines) is 1. The van der Waals surface area contributed by atoms with E-state index in [1.54, 1.807) is 0 Å². The summed E-state index contributed by atoms with van der Waals surface area (Å²) in [7, 11) is 1.84. The van der Waals surface area contributed by atoms with E-state index in [-0.39, 0.29) is 0 Å². The van der Waals surface area contributed by atoms with E-state index in [0.717, 1.165) is 5.75 Å². The van der Waals surface area contributed by atoms with E-state index in [4.69, 9.17) is 4.74 Å². The number of hydrogen-bond donors (Lipinski definition) is 1. The number of methoxy groups -OCH3 is 1. The van der Waals surface area contributed by atoms with Crippen molar-refractivity contribution in [1.29, 1.82) is 0 Å². The highest BCUT2D eigenvalue weighted by molar-refractivity contribution is 7.80. The second-order valence-electron chi connectivity index (χ2n) is 5.93. The molecule has 0 spiro atoms. The van der Waals surface area contributed by atoms with Gasteiger partial charge in [0.1, 0.15) is 0 Å². The van der Waals surface area contributed by atoms with E-state index in [0.29, 0.717) is 11.5 Å². The molecule has 2 nitrogen and oxygen atoms in total. The minimum atomic E-state index is 0.504. The quantitative estimate of drug-likeness (QED) is 0.777. The number of rotatable bonds is 4. The average molecular weight is 257 g/mol. The van der Waals surface area contributed by atoms with Crippen LogP contribution >= 0.6 is 12.6 Å². The van der Waals surface area contributed by atoms with Crippen LogP contribution in [0.2, 0.25) is 0 Å². The van der Waals surface area contributed by atoms with Crippen molar-refractivity contribution >= 4 is 12.6 Å². The average Bonchev–Trinajstić information content (AvgIpc) is 2.41. The summed E-state index contributed by atoms with van der Waals surface area (Å²) in [6.45, 7) is 3.70. The molecule has 17 heavy (non-hydrogen) atoms. The number of thiol groups is 1. The monoisotopic (exact) mass is 257 g/mol. The Kier molecular flexibility index (Phi) is 5.19.